The standard InChI is InChI=1S/C13H18N2O3S/c1-7(2)15-5-4-9-10(6-15)19-12(14-8(3)16)11(9)13(17)18/h7H,4-6H2,1-3H3,(H,14,16)(H,17,18). The lowest BCUT2D eigenvalue weighted by molar-refractivity contribution is -0.114. The molecule has 1 amide bonds. The summed E-state index contributed by atoms with van der Waals surface area (Å²) in [7, 11) is 0. The molecule has 0 atom stereocenters. The van der Waals surface area contributed by atoms with Gasteiger partial charge in [-0.2, -0.15) is 0 Å². The van der Waals surface area contributed by atoms with Crippen LogP contribution in [0.3, 0.4) is 0 Å². The number of thiophene rings is 1. The van der Waals surface area contributed by atoms with Gasteiger partial charge < -0.3 is 10.4 Å². The highest BCUT2D eigenvalue weighted by Crippen LogP contribution is 2.37. The number of amides is 1. The van der Waals surface area contributed by atoms with E-state index < -0.39 is 5.97 Å². The number of anilines is 1. The zero-order chi connectivity index (χ0) is 14.2. The first kappa shape index (κ1) is 14.0. The first-order valence-electron chi connectivity index (χ1n) is 6.29. The summed E-state index contributed by atoms with van der Waals surface area (Å²) in [6, 6.07) is 0.438. The van der Waals surface area contributed by atoms with Crippen LogP contribution in [-0.4, -0.2) is 34.5 Å². The molecule has 2 N–H and O–H groups in total. The first-order chi connectivity index (χ1) is 8.90. The molecule has 19 heavy (non-hydrogen) atoms. The number of nitrogens with zero attached hydrogens (tertiary/aromatic N) is 1. The molecule has 1 aliphatic rings. The minimum absolute atomic E-state index is 0.234. The molecule has 5 nitrogen and oxygen atoms in total. The number of carboxylic acids is 1. The van der Waals surface area contributed by atoms with Crippen molar-refractivity contribution < 1.29 is 14.7 Å². The molecular formula is C13H18N2O3S. The van der Waals surface area contributed by atoms with Gasteiger partial charge in [0.1, 0.15) is 5.00 Å². The molecule has 0 spiro atoms. The molecule has 0 saturated heterocycles. The van der Waals surface area contributed by atoms with Gasteiger partial charge in [0.05, 0.1) is 5.56 Å². The second-order valence-corrected chi connectivity index (χ2v) is 6.11. The Kier molecular flexibility index (Phi) is 3.91. The summed E-state index contributed by atoms with van der Waals surface area (Å²) in [4.78, 5) is 25.9. The molecule has 0 fully saturated rings. The van der Waals surface area contributed by atoms with Crippen LogP contribution in [0.5, 0.6) is 0 Å². The highest BCUT2D eigenvalue weighted by atomic mass is 32.1. The van der Waals surface area contributed by atoms with E-state index in [2.05, 4.69) is 24.1 Å². The first-order valence-corrected chi connectivity index (χ1v) is 7.11. The summed E-state index contributed by atoms with van der Waals surface area (Å²) in [5.41, 5.74) is 1.16. The van der Waals surface area contributed by atoms with Crippen molar-refractivity contribution >= 4 is 28.2 Å². The van der Waals surface area contributed by atoms with Crippen LogP contribution in [0.4, 0.5) is 5.00 Å². The molecule has 1 aromatic rings. The molecule has 1 aliphatic heterocycles. The average molecular weight is 282 g/mol. The van der Waals surface area contributed by atoms with Gasteiger partial charge in [0, 0.05) is 30.9 Å². The third-order valence-electron chi connectivity index (χ3n) is 3.32. The molecule has 0 bridgehead atoms. The van der Waals surface area contributed by atoms with Crippen molar-refractivity contribution in [2.75, 3.05) is 11.9 Å². The largest absolute Gasteiger partial charge is 0.478 e. The Morgan fingerprint density at radius 2 is 2.11 bits per heavy atom. The van der Waals surface area contributed by atoms with Crippen LogP contribution >= 0.6 is 11.3 Å². The number of carboxylic acid groups (broad SMARTS) is 1. The molecule has 0 saturated carbocycles. The lowest BCUT2D eigenvalue weighted by atomic mass is 10.0. The molecule has 6 heteroatoms. The molecule has 1 aromatic heterocycles. The van der Waals surface area contributed by atoms with Crippen LogP contribution in [0, 0.1) is 0 Å². The lowest BCUT2D eigenvalue weighted by Crippen LogP contribution is -2.35. The summed E-state index contributed by atoms with van der Waals surface area (Å²) in [5, 5.41) is 12.4. The Morgan fingerprint density at radius 1 is 1.42 bits per heavy atom. The predicted molar refractivity (Wildman–Crippen MR) is 74.8 cm³/mol. The number of hydrogen-bond acceptors (Lipinski definition) is 4. The fourth-order valence-electron chi connectivity index (χ4n) is 2.34. The Hall–Kier alpha value is -1.40. The zero-order valence-corrected chi connectivity index (χ0v) is 12.1. The summed E-state index contributed by atoms with van der Waals surface area (Å²) < 4.78 is 0. The van der Waals surface area contributed by atoms with Crippen LogP contribution in [0.15, 0.2) is 0 Å². The highest BCUT2D eigenvalue weighted by Gasteiger charge is 2.28. The van der Waals surface area contributed by atoms with E-state index >= 15 is 0 Å². The van der Waals surface area contributed by atoms with Crippen molar-refractivity contribution in [2.24, 2.45) is 0 Å². The van der Waals surface area contributed by atoms with Crippen molar-refractivity contribution in [1.29, 1.82) is 0 Å². The normalized spacial score (nSPS) is 15.4. The third kappa shape index (κ3) is 2.79. The van der Waals surface area contributed by atoms with Gasteiger partial charge in [-0.1, -0.05) is 0 Å². The number of carbonyl (C=O) groups excluding carboxylic acids is 1. The van der Waals surface area contributed by atoms with E-state index in [0.717, 1.165) is 30.0 Å². The van der Waals surface area contributed by atoms with Crippen molar-refractivity contribution in [3.05, 3.63) is 16.0 Å². The van der Waals surface area contributed by atoms with Gasteiger partial charge in [-0.05, 0) is 25.8 Å². The fraction of sp³-hybridized carbons (Fsp3) is 0.538. The fourth-order valence-corrected chi connectivity index (χ4v) is 3.65. The monoisotopic (exact) mass is 282 g/mol. The molecule has 104 valence electrons. The molecular weight excluding hydrogens is 264 g/mol. The summed E-state index contributed by atoms with van der Waals surface area (Å²) in [5.74, 6) is -1.19. The Labute approximate surface area is 116 Å². The van der Waals surface area contributed by atoms with E-state index in [9.17, 15) is 14.7 Å². The second kappa shape index (κ2) is 5.30. The van der Waals surface area contributed by atoms with Crippen LogP contribution in [0.25, 0.3) is 0 Å². The van der Waals surface area contributed by atoms with Gasteiger partial charge in [-0.15, -0.1) is 11.3 Å². The average Bonchev–Trinajstić information content (AvgIpc) is 2.64. The Bertz CT molecular complexity index is 522. The number of rotatable bonds is 3. The molecule has 0 unspecified atom stereocenters. The third-order valence-corrected chi connectivity index (χ3v) is 4.45. The minimum Gasteiger partial charge on any atom is -0.478 e. The van der Waals surface area contributed by atoms with Crippen molar-refractivity contribution in [1.82, 2.24) is 4.90 Å². The van der Waals surface area contributed by atoms with Crippen LogP contribution in [0.1, 0.15) is 41.6 Å². The number of aromatic carboxylic acids is 1. The smallest absolute Gasteiger partial charge is 0.339 e. The number of hydrogen-bond donors (Lipinski definition) is 2. The van der Waals surface area contributed by atoms with E-state index in [1.54, 1.807) is 0 Å². The van der Waals surface area contributed by atoms with Crippen molar-refractivity contribution in [2.45, 2.75) is 39.8 Å². The molecule has 0 aromatic carbocycles. The predicted octanol–water partition coefficient (Wildman–Crippen LogP) is 2.17. The van der Waals surface area contributed by atoms with Gasteiger partial charge in [0.15, 0.2) is 0 Å². The summed E-state index contributed by atoms with van der Waals surface area (Å²) >= 11 is 1.39. The van der Waals surface area contributed by atoms with E-state index in [0.29, 0.717) is 11.0 Å². The molecule has 2 heterocycles. The molecule has 0 aliphatic carbocycles. The maximum atomic E-state index is 11.4. The maximum Gasteiger partial charge on any atom is 0.339 e. The van der Waals surface area contributed by atoms with Gasteiger partial charge in [0.2, 0.25) is 5.91 Å². The zero-order valence-electron chi connectivity index (χ0n) is 11.3. The van der Waals surface area contributed by atoms with Gasteiger partial charge in [-0.25, -0.2) is 4.79 Å². The van der Waals surface area contributed by atoms with Crippen LogP contribution in [0.2, 0.25) is 0 Å². The van der Waals surface area contributed by atoms with Crippen LogP contribution < -0.4 is 5.32 Å². The Morgan fingerprint density at radius 3 is 2.63 bits per heavy atom. The van der Waals surface area contributed by atoms with E-state index in [1.165, 1.54) is 18.3 Å². The van der Waals surface area contributed by atoms with Crippen molar-refractivity contribution in [3.63, 3.8) is 0 Å². The second-order valence-electron chi connectivity index (χ2n) is 5.01. The summed E-state index contributed by atoms with van der Waals surface area (Å²) in [6.07, 6.45) is 0.727. The van der Waals surface area contributed by atoms with E-state index in [-0.39, 0.29) is 11.5 Å². The van der Waals surface area contributed by atoms with E-state index in [1.807, 2.05) is 0 Å². The van der Waals surface area contributed by atoms with Crippen molar-refractivity contribution in [3.8, 4) is 0 Å². The lowest BCUT2D eigenvalue weighted by Gasteiger charge is -2.30. The number of nitrogens with one attached hydrogen (secondary N) is 1. The highest BCUT2D eigenvalue weighted by molar-refractivity contribution is 7.17. The van der Waals surface area contributed by atoms with Gasteiger partial charge >= 0.3 is 5.97 Å². The van der Waals surface area contributed by atoms with Gasteiger partial charge in [-0.3, -0.25) is 9.69 Å². The molecule has 0 radical (unpaired) electrons. The maximum absolute atomic E-state index is 11.4. The number of fused-ring (bicyclic) bond motifs is 1. The van der Waals surface area contributed by atoms with E-state index in [4.69, 9.17) is 0 Å². The SMILES string of the molecule is CC(=O)Nc1sc2c(c1C(=O)O)CCN(C(C)C)C2. The molecule has 2 rings (SSSR count). The summed E-state index contributed by atoms with van der Waals surface area (Å²) in [6.45, 7) is 7.28. The quantitative estimate of drug-likeness (QED) is 0.891. The Balaban J connectivity index is 2.39. The topological polar surface area (TPSA) is 69.6 Å². The number of carbonyl (C=O) groups is 2. The minimum atomic E-state index is -0.959. The van der Waals surface area contributed by atoms with Crippen LogP contribution in [-0.2, 0) is 17.8 Å². The van der Waals surface area contributed by atoms with Gasteiger partial charge in [0.25, 0.3) is 0 Å².